The summed E-state index contributed by atoms with van der Waals surface area (Å²) in [5, 5.41) is 18.1. The Morgan fingerprint density at radius 2 is 1.00 bits per heavy atom. The first-order valence-corrected chi connectivity index (χ1v) is 23.7. The van der Waals surface area contributed by atoms with E-state index in [1.165, 1.54) is 82.2 Å². The maximum Gasteiger partial charge on any atom is 0.337 e. The second kappa shape index (κ2) is 15.1. The van der Waals surface area contributed by atoms with Crippen molar-refractivity contribution >= 4 is 11.9 Å². The van der Waals surface area contributed by atoms with Crippen LogP contribution >= 0.6 is 0 Å². The lowest BCUT2D eigenvalue weighted by atomic mass is 9.62. The summed E-state index contributed by atoms with van der Waals surface area (Å²) >= 11 is 0. The number of carboxylic acids is 2. The molecule has 4 aromatic rings. The highest BCUT2D eigenvalue weighted by atomic mass is 16.4. The van der Waals surface area contributed by atoms with Crippen molar-refractivity contribution in [3.05, 3.63) is 152 Å². The summed E-state index contributed by atoms with van der Waals surface area (Å²) in [6.45, 7) is 21.6. The van der Waals surface area contributed by atoms with Crippen molar-refractivity contribution in [2.75, 3.05) is 0 Å². The summed E-state index contributed by atoms with van der Waals surface area (Å²) in [6.07, 6.45) is 21.6. The molecular weight excluding hydrogens is 777 g/mol. The van der Waals surface area contributed by atoms with E-state index in [0.717, 1.165) is 24.2 Å². The topological polar surface area (TPSA) is 100 Å². The van der Waals surface area contributed by atoms with Gasteiger partial charge in [-0.05, 0) is 168 Å². The highest BCUT2D eigenvalue weighted by Gasteiger charge is 2.61. The van der Waals surface area contributed by atoms with Crippen LogP contribution in [-0.2, 0) is 45.3 Å². The van der Waals surface area contributed by atoms with E-state index in [0.29, 0.717) is 22.7 Å². The second-order valence-electron chi connectivity index (χ2n) is 23.0. The van der Waals surface area contributed by atoms with Crippen molar-refractivity contribution in [2.24, 2.45) is 11.8 Å². The van der Waals surface area contributed by atoms with Gasteiger partial charge in [-0.3, -0.25) is 9.97 Å². The predicted molar refractivity (Wildman–Crippen MR) is 252 cm³/mol. The van der Waals surface area contributed by atoms with Gasteiger partial charge in [-0.1, -0.05) is 109 Å². The van der Waals surface area contributed by atoms with Gasteiger partial charge in [0.05, 0.1) is 11.1 Å². The highest BCUT2D eigenvalue weighted by molar-refractivity contribution is 5.87. The fourth-order valence-corrected chi connectivity index (χ4v) is 12.6. The van der Waals surface area contributed by atoms with Crippen LogP contribution in [0.25, 0.3) is 0 Å². The van der Waals surface area contributed by atoms with Crippen LogP contribution < -0.4 is 0 Å². The smallest absolute Gasteiger partial charge is 0.337 e. The maximum absolute atomic E-state index is 11.0. The summed E-state index contributed by atoms with van der Waals surface area (Å²) < 4.78 is 0. The first-order chi connectivity index (χ1) is 29.7. The number of aromatic carboxylic acids is 2. The Morgan fingerprint density at radius 3 is 1.46 bits per heavy atom. The molecule has 6 aliphatic carbocycles. The van der Waals surface area contributed by atoms with Crippen LogP contribution in [0.2, 0.25) is 0 Å². The minimum atomic E-state index is -0.924. The zero-order valence-electron chi connectivity index (χ0n) is 39.3. The molecule has 63 heavy (non-hydrogen) atoms. The third-order valence-electron chi connectivity index (χ3n) is 17.2. The number of hydrogen-bond donors (Lipinski definition) is 2. The number of allylic oxidation sites excluding steroid dienone is 4. The molecule has 6 heteroatoms. The molecule has 0 spiro atoms. The Labute approximate surface area is 375 Å². The van der Waals surface area contributed by atoms with Crippen LogP contribution in [0.15, 0.2) is 90.3 Å². The standard InChI is InChI=1S/C29H35NO2.C28H33NO2/c1-18-14-23-24(28(4,5)13-12-27(23,2)3)15-22(18)29-11-10-19(25(29)16-29)6-8-21-9-7-20(17-30-21)26(31)32;1-26(2)13-14-27(3,4)23-15-20(7-10-22(23)26)28-12-11-18(24(28)16-28)5-8-21-9-6-19(17-29-21)25(30)31/h6-7,9,14-15,17,25H,8,10-13,16H2,1-5H3,(H,31,32);5-7,9-10,15,17,24H,8,11-14,16H2,1-4H3,(H,30,31). The number of nitrogens with zero attached hydrogens (tertiary/aromatic N) is 2. The number of aromatic nitrogens is 2. The number of pyridine rings is 2. The monoisotopic (exact) mass is 845 g/mol. The zero-order chi connectivity index (χ0) is 44.9. The Morgan fingerprint density at radius 1 is 0.556 bits per heavy atom. The molecule has 2 heterocycles. The van der Waals surface area contributed by atoms with Crippen LogP contribution in [0.4, 0.5) is 0 Å². The van der Waals surface area contributed by atoms with Gasteiger partial charge in [0, 0.05) is 47.5 Å². The van der Waals surface area contributed by atoms with E-state index in [1.807, 2.05) is 12.1 Å². The molecule has 6 nitrogen and oxygen atoms in total. The normalized spacial score (nSPS) is 28.5. The number of rotatable bonds is 8. The first-order valence-electron chi connectivity index (χ1n) is 23.7. The maximum atomic E-state index is 11.0. The van der Waals surface area contributed by atoms with E-state index in [9.17, 15) is 9.59 Å². The van der Waals surface area contributed by atoms with Crippen molar-refractivity contribution in [3.63, 3.8) is 0 Å². The van der Waals surface area contributed by atoms with Gasteiger partial charge in [0.25, 0.3) is 0 Å². The molecule has 2 aromatic heterocycles. The van der Waals surface area contributed by atoms with E-state index in [4.69, 9.17) is 10.2 Å². The lowest BCUT2D eigenvalue weighted by Crippen LogP contribution is -2.34. The van der Waals surface area contributed by atoms with Gasteiger partial charge in [0.1, 0.15) is 0 Å². The Hall–Kier alpha value is -4.84. The van der Waals surface area contributed by atoms with Crippen LogP contribution in [0.5, 0.6) is 0 Å². The average molecular weight is 845 g/mol. The van der Waals surface area contributed by atoms with Crippen molar-refractivity contribution < 1.29 is 19.8 Å². The van der Waals surface area contributed by atoms with E-state index < -0.39 is 11.9 Å². The van der Waals surface area contributed by atoms with Gasteiger partial charge < -0.3 is 10.2 Å². The molecule has 0 amide bonds. The Kier molecular flexibility index (Phi) is 10.4. The van der Waals surface area contributed by atoms with Crippen molar-refractivity contribution in [2.45, 2.75) is 172 Å². The van der Waals surface area contributed by atoms with E-state index in [-0.39, 0.29) is 32.8 Å². The molecule has 2 N–H and O–H groups in total. The fourth-order valence-electron chi connectivity index (χ4n) is 12.6. The quantitative estimate of drug-likeness (QED) is 0.171. The minimum Gasteiger partial charge on any atom is -0.478 e. The molecule has 0 aliphatic heterocycles. The fraction of sp³-hybridized carbons (Fsp3) is 0.509. The van der Waals surface area contributed by atoms with Crippen molar-refractivity contribution in [1.82, 2.24) is 9.97 Å². The van der Waals surface area contributed by atoms with Gasteiger partial charge in [0.2, 0.25) is 0 Å². The number of benzene rings is 2. The van der Waals surface area contributed by atoms with E-state index in [2.05, 4.69) is 115 Å². The van der Waals surface area contributed by atoms with Crippen molar-refractivity contribution in [1.29, 1.82) is 0 Å². The third-order valence-corrected chi connectivity index (χ3v) is 17.2. The van der Waals surface area contributed by atoms with Gasteiger partial charge in [0.15, 0.2) is 0 Å². The number of aryl methyl sites for hydroxylation is 1. The Balaban J connectivity index is 0.000000160. The third kappa shape index (κ3) is 7.71. The summed E-state index contributed by atoms with van der Waals surface area (Å²) in [5.74, 6) is -0.513. The molecule has 2 aromatic carbocycles. The lowest BCUT2D eigenvalue weighted by Gasteiger charge is -2.43. The molecule has 4 atom stereocenters. The molecule has 4 fully saturated rings. The van der Waals surface area contributed by atoms with E-state index in [1.54, 1.807) is 56.7 Å². The van der Waals surface area contributed by atoms with Crippen LogP contribution in [0.3, 0.4) is 0 Å². The van der Waals surface area contributed by atoms with Gasteiger partial charge in [-0.25, -0.2) is 9.59 Å². The molecule has 4 unspecified atom stereocenters. The van der Waals surface area contributed by atoms with Crippen LogP contribution in [0.1, 0.15) is 191 Å². The summed E-state index contributed by atoms with van der Waals surface area (Å²) in [6, 6.07) is 19.5. The molecule has 4 saturated carbocycles. The van der Waals surface area contributed by atoms with Gasteiger partial charge in [-0.2, -0.15) is 0 Å². The molecule has 0 radical (unpaired) electrons. The SMILES string of the molecule is CC1(C)CCC(C)(C)c2cc(C34CCC(=CCc5ccc(C(=O)O)cn5)C3C4)ccc21.Cc1cc2c(cc1C13CCC(=CCc4ccc(C(=O)O)cn4)C1C3)C(C)(C)CCC2(C)C. The second-order valence-corrected chi connectivity index (χ2v) is 23.0. The van der Waals surface area contributed by atoms with Gasteiger partial charge in [-0.15, -0.1) is 0 Å². The minimum absolute atomic E-state index is 0.247. The number of hydrogen-bond acceptors (Lipinski definition) is 4. The largest absolute Gasteiger partial charge is 0.478 e. The summed E-state index contributed by atoms with van der Waals surface area (Å²) in [7, 11) is 0. The molecule has 6 aliphatic rings. The van der Waals surface area contributed by atoms with Gasteiger partial charge >= 0.3 is 11.9 Å². The number of carbonyl (C=O) groups is 2. The summed E-state index contributed by atoms with van der Waals surface area (Å²) in [4.78, 5) is 30.7. The summed E-state index contributed by atoms with van der Waals surface area (Å²) in [5.41, 5.74) is 18.1. The Bertz CT molecular complexity index is 2560. The number of fused-ring (bicyclic) bond motifs is 4. The van der Waals surface area contributed by atoms with E-state index >= 15 is 0 Å². The first kappa shape index (κ1) is 43.4. The highest BCUT2D eigenvalue weighted by Crippen LogP contribution is 2.68. The number of carboxylic acid groups (broad SMARTS) is 2. The molecule has 10 rings (SSSR count). The average Bonchev–Trinajstić information content (AvgIpc) is 4.10. The molecule has 0 bridgehead atoms. The molecular formula is C57H68N2O4. The van der Waals surface area contributed by atoms with Crippen LogP contribution in [-0.4, -0.2) is 32.1 Å². The molecule has 330 valence electrons. The lowest BCUT2D eigenvalue weighted by molar-refractivity contribution is 0.0685. The van der Waals surface area contributed by atoms with Crippen molar-refractivity contribution in [3.8, 4) is 0 Å². The molecule has 0 saturated heterocycles. The van der Waals surface area contributed by atoms with Crippen LogP contribution in [0, 0.1) is 18.8 Å². The predicted octanol–water partition coefficient (Wildman–Crippen LogP) is 13.0. The zero-order valence-corrected chi connectivity index (χ0v) is 39.3.